The average molecular weight is 276 g/mol. The molecule has 0 saturated carbocycles. The second-order valence-corrected chi connectivity index (χ2v) is 4.84. The highest BCUT2D eigenvalue weighted by molar-refractivity contribution is 9.10. The van der Waals surface area contributed by atoms with Crippen molar-refractivity contribution < 1.29 is 4.74 Å². The fraction of sp³-hybridized carbons (Fsp3) is 0.400. The van der Waals surface area contributed by atoms with Crippen LogP contribution in [-0.2, 0) is 0 Å². The molecule has 0 aromatic heterocycles. The molecule has 1 aromatic carbocycles. The fourth-order valence-corrected chi connectivity index (χ4v) is 1.77. The number of thioether (sulfide) groups is 1. The number of halogens is 1. The molecule has 1 rings (SSSR count). The van der Waals surface area contributed by atoms with Gasteiger partial charge < -0.3 is 10.5 Å². The van der Waals surface area contributed by atoms with Gasteiger partial charge in [0.25, 0.3) is 0 Å². The number of hydrogen-bond donors (Lipinski definition) is 1. The molecule has 1 aromatic rings. The van der Waals surface area contributed by atoms with Crippen LogP contribution in [0.2, 0.25) is 0 Å². The first-order chi connectivity index (χ1) is 6.83. The molecule has 0 unspecified atom stereocenters. The van der Waals surface area contributed by atoms with Crippen molar-refractivity contribution >= 4 is 27.7 Å². The zero-order chi connectivity index (χ0) is 10.2. The number of ether oxygens (including phenoxy) is 1. The molecule has 0 aliphatic heterocycles. The van der Waals surface area contributed by atoms with E-state index in [1.165, 1.54) is 0 Å². The molecule has 78 valence electrons. The second-order valence-electron chi connectivity index (χ2n) is 2.70. The zero-order valence-electron chi connectivity index (χ0n) is 7.91. The van der Waals surface area contributed by atoms with Crippen molar-refractivity contribution in [3.8, 4) is 5.75 Å². The van der Waals surface area contributed by atoms with E-state index in [0.717, 1.165) is 34.9 Å². The minimum absolute atomic E-state index is 0.739. The molecule has 0 bridgehead atoms. The molecule has 2 nitrogen and oxygen atoms in total. The monoisotopic (exact) mass is 275 g/mol. The lowest BCUT2D eigenvalue weighted by atomic mass is 10.3. The van der Waals surface area contributed by atoms with Gasteiger partial charge in [-0.1, -0.05) is 15.9 Å². The van der Waals surface area contributed by atoms with Gasteiger partial charge in [0.1, 0.15) is 5.75 Å². The van der Waals surface area contributed by atoms with E-state index in [9.17, 15) is 0 Å². The molecule has 14 heavy (non-hydrogen) atoms. The van der Waals surface area contributed by atoms with E-state index in [-0.39, 0.29) is 0 Å². The molecule has 0 radical (unpaired) electrons. The van der Waals surface area contributed by atoms with Gasteiger partial charge in [-0.15, -0.1) is 0 Å². The summed E-state index contributed by atoms with van der Waals surface area (Å²) in [4.78, 5) is 0. The van der Waals surface area contributed by atoms with Crippen molar-refractivity contribution in [3.05, 3.63) is 28.7 Å². The van der Waals surface area contributed by atoms with Crippen molar-refractivity contribution in [2.24, 2.45) is 5.73 Å². The van der Waals surface area contributed by atoms with E-state index in [1.807, 2.05) is 36.0 Å². The third kappa shape index (κ3) is 4.88. The summed E-state index contributed by atoms with van der Waals surface area (Å²) < 4.78 is 6.60. The van der Waals surface area contributed by atoms with E-state index in [0.29, 0.717) is 0 Å². The number of hydrogen-bond acceptors (Lipinski definition) is 3. The van der Waals surface area contributed by atoms with Gasteiger partial charge in [-0.05, 0) is 24.3 Å². The highest BCUT2D eigenvalue weighted by Gasteiger charge is 1.93. The Bertz CT molecular complexity index is 253. The summed E-state index contributed by atoms with van der Waals surface area (Å²) in [6.07, 6.45) is 0. The zero-order valence-corrected chi connectivity index (χ0v) is 10.3. The molecule has 0 heterocycles. The lowest BCUT2D eigenvalue weighted by Gasteiger charge is -2.05. The minimum atomic E-state index is 0.739. The Labute approximate surface area is 97.3 Å². The summed E-state index contributed by atoms with van der Waals surface area (Å²) in [5.41, 5.74) is 5.37. The van der Waals surface area contributed by atoms with E-state index < -0.39 is 0 Å². The van der Waals surface area contributed by atoms with Gasteiger partial charge in [-0.3, -0.25) is 0 Å². The average Bonchev–Trinajstić information content (AvgIpc) is 2.21. The van der Waals surface area contributed by atoms with E-state index in [4.69, 9.17) is 10.5 Å². The summed E-state index contributed by atoms with van der Waals surface area (Å²) >= 11 is 5.19. The normalized spacial score (nSPS) is 10.1. The topological polar surface area (TPSA) is 35.2 Å². The molecule has 0 aliphatic carbocycles. The van der Waals surface area contributed by atoms with E-state index in [1.54, 1.807) is 0 Å². The summed E-state index contributed by atoms with van der Waals surface area (Å²) in [5.74, 6) is 2.92. The van der Waals surface area contributed by atoms with Crippen LogP contribution in [0.25, 0.3) is 0 Å². The van der Waals surface area contributed by atoms with Crippen molar-refractivity contribution in [2.45, 2.75) is 0 Å². The predicted molar refractivity (Wildman–Crippen MR) is 66.0 cm³/mol. The summed E-state index contributed by atoms with van der Waals surface area (Å²) in [7, 11) is 0. The number of rotatable bonds is 6. The standard InChI is InChI=1S/C10H14BrNOS/c11-9-1-3-10(4-2-9)13-6-8-14-7-5-12/h1-4H,5-8,12H2. The maximum absolute atomic E-state index is 5.53. The molecule has 0 saturated heterocycles. The summed E-state index contributed by atoms with van der Waals surface area (Å²) in [6, 6.07) is 7.86. The summed E-state index contributed by atoms with van der Waals surface area (Å²) in [6.45, 7) is 1.48. The maximum atomic E-state index is 5.53. The first-order valence-electron chi connectivity index (χ1n) is 4.49. The van der Waals surface area contributed by atoms with Crippen LogP contribution in [0.4, 0.5) is 0 Å². The van der Waals surface area contributed by atoms with Crippen molar-refractivity contribution in [1.29, 1.82) is 0 Å². The lowest BCUT2D eigenvalue weighted by Crippen LogP contribution is -2.05. The fourth-order valence-electron chi connectivity index (χ4n) is 0.935. The first kappa shape index (κ1) is 11.9. The van der Waals surface area contributed by atoms with Crippen molar-refractivity contribution in [3.63, 3.8) is 0 Å². The first-order valence-corrected chi connectivity index (χ1v) is 6.44. The van der Waals surface area contributed by atoms with Gasteiger partial charge in [-0.25, -0.2) is 0 Å². The molecular formula is C10H14BrNOS. The van der Waals surface area contributed by atoms with Gasteiger partial charge in [0, 0.05) is 22.5 Å². The molecule has 2 N–H and O–H groups in total. The Balaban J connectivity index is 2.15. The van der Waals surface area contributed by atoms with Crippen LogP contribution in [0.1, 0.15) is 0 Å². The van der Waals surface area contributed by atoms with Crippen molar-refractivity contribution in [2.75, 3.05) is 24.7 Å². The molecule has 0 amide bonds. The van der Waals surface area contributed by atoms with Gasteiger partial charge in [0.2, 0.25) is 0 Å². The Hall–Kier alpha value is -0.190. The molecule has 0 spiro atoms. The lowest BCUT2D eigenvalue weighted by molar-refractivity contribution is 0.344. The number of nitrogens with two attached hydrogens (primary N) is 1. The molecule has 0 atom stereocenters. The second kappa shape index (κ2) is 7.15. The third-order valence-electron chi connectivity index (χ3n) is 1.57. The molecule has 0 aliphatic rings. The van der Waals surface area contributed by atoms with Gasteiger partial charge in [0.05, 0.1) is 6.61 Å². The Kier molecular flexibility index (Phi) is 6.07. The molecular weight excluding hydrogens is 262 g/mol. The van der Waals surface area contributed by atoms with Crippen LogP contribution >= 0.6 is 27.7 Å². The van der Waals surface area contributed by atoms with Crippen LogP contribution in [0.15, 0.2) is 28.7 Å². The Morgan fingerprint density at radius 3 is 2.57 bits per heavy atom. The third-order valence-corrected chi connectivity index (χ3v) is 3.08. The minimum Gasteiger partial charge on any atom is -0.493 e. The van der Waals surface area contributed by atoms with Gasteiger partial charge in [0.15, 0.2) is 0 Å². The van der Waals surface area contributed by atoms with Crippen LogP contribution in [-0.4, -0.2) is 24.7 Å². The quantitative estimate of drug-likeness (QED) is 0.811. The Morgan fingerprint density at radius 1 is 1.21 bits per heavy atom. The summed E-state index contributed by atoms with van der Waals surface area (Å²) in [5, 5.41) is 0. The predicted octanol–water partition coefficient (Wildman–Crippen LogP) is 2.52. The molecule has 4 heteroatoms. The Morgan fingerprint density at radius 2 is 1.93 bits per heavy atom. The van der Waals surface area contributed by atoms with Crippen LogP contribution in [0.5, 0.6) is 5.75 Å². The van der Waals surface area contributed by atoms with Gasteiger partial charge >= 0.3 is 0 Å². The van der Waals surface area contributed by atoms with E-state index in [2.05, 4.69) is 15.9 Å². The van der Waals surface area contributed by atoms with Crippen LogP contribution in [0.3, 0.4) is 0 Å². The highest BCUT2D eigenvalue weighted by atomic mass is 79.9. The largest absolute Gasteiger partial charge is 0.493 e. The van der Waals surface area contributed by atoms with Crippen LogP contribution < -0.4 is 10.5 Å². The maximum Gasteiger partial charge on any atom is 0.119 e. The highest BCUT2D eigenvalue weighted by Crippen LogP contribution is 2.16. The smallest absolute Gasteiger partial charge is 0.119 e. The van der Waals surface area contributed by atoms with Crippen LogP contribution in [0, 0.1) is 0 Å². The molecule has 0 fully saturated rings. The van der Waals surface area contributed by atoms with Crippen molar-refractivity contribution in [1.82, 2.24) is 0 Å². The SMILES string of the molecule is NCCSCCOc1ccc(Br)cc1. The number of benzene rings is 1. The van der Waals surface area contributed by atoms with E-state index >= 15 is 0 Å². The van der Waals surface area contributed by atoms with Gasteiger partial charge in [-0.2, -0.15) is 11.8 Å².